The largest absolute Gasteiger partial charge is 0.456 e. The smallest absolute Gasteiger partial charge is 0.160 e. The van der Waals surface area contributed by atoms with Crippen LogP contribution in [-0.2, 0) is 0 Å². The van der Waals surface area contributed by atoms with Crippen molar-refractivity contribution in [1.29, 1.82) is 0 Å². The van der Waals surface area contributed by atoms with E-state index in [-0.39, 0.29) is 0 Å². The minimum absolute atomic E-state index is 0.659. The predicted octanol–water partition coefficient (Wildman–Crippen LogP) is 13.1. The monoisotopic (exact) mass is 656 g/mol. The van der Waals surface area contributed by atoms with Crippen LogP contribution in [0.4, 0.5) is 0 Å². The first-order chi connectivity index (χ1) is 24.8. The van der Waals surface area contributed by atoms with Crippen LogP contribution in [0.2, 0.25) is 0 Å². The van der Waals surface area contributed by atoms with Gasteiger partial charge in [0.05, 0.1) is 11.4 Å². The van der Waals surface area contributed by atoms with Gasteiger partial charge in [-0.15, -0.1) is 11.3 Å². The molecule has 0 bridgehead atoms. The number of para-hydroxylation sites is 1. The summed E-state index contributed by atoms with van der Waals surface area (Å²) in [5, 5.41) is 4.70. The molecule has 0 unspecified atom stereocenters. The van der Waals surface area contributed by atoms with Gasteiger partial charge in [-0.25, -0.2) is 9.97 Å². The molecule has 0 amide bonds. The van der Waals surface area contributed by atoms with Gasteiger partial charge in [-0.2, -0.15) is 0 Å². The SMILES string of the molecule is c1ccc(-c2ccc(-c3ccccc3-c3cc(-c4cccc5c4sc4ccccc45)nc(-c4ccc5c(c4)oc4ccccc45)n3)cc2)cc1. The van der Waals surface area contributed by atoms with Crippen molar-refractivity contribution in [3.05, 3.63) is 170 Å². The zero-order chi connectivity index (χ0) is 33.0. The standard InChI is InChI=1S/C46H28N2OS/c1-2-11-29(12-3-1)30-21-23-31(24-22-30)33-13-4-5-14-34(33)40-28-41(39-18-10-17-38-37-16-7-9-20-44(37)50-45(38)39)48-46(47-40)32-25-26-36-35-15-6-8-19-42(35)49-43(36)27-32/h1-28H. The molecule has 10 aromatic rings. The van der Waals surface area contributed by atoms with Gasteiger partial charge in [0, 0.05) is 47.6 Å². The summed E-state index contributed by atoms with van der Waals surface area (Å²) < 4.78 is 8.79. The van der Waals surface area contributed by atoms with Gasteiger partial charge in [0.1, 0.15) is 11.2 Å². The lowest BCUT2D eigenvalue weighted by atomic mass is 9.94. The third-order valence-corrected chi connectivity index (χ3v) is 10.8. The maximum absolute atomic E-state index is 6.30. The summed E-state index contributed by atoms with van der Waals surface area (Å²) in [6, 6.07) is 59.6. The zero-order valence-electron chi connectivity index (χ0n) is 26.9. The first-order valence-corrected chi connectivity index (χ1v) is 17.6. The number of rotatable bonds is 5. The minimum atomic E-state index is 0.659. The second-order valence-corrected chi connectivity index (χ2v) is 13.6. The van der Waals surface area contributed by atoms with Gasteiger partial charge in [0.25, 0.3) is 0 Å². The van der Waals surface area contributed by atoms with Crippen LogP contribution in [0.15, 0.2) is 174 Å². The summed E-state index contributed by atoms with van der Waals surface area (Å²) >= 11 is 1.81. The van der Waals surface area contributed by atoms with Crippen molar-refractivity contribution in [3.63, 3.8) is 0 Å². The highest BCUT2D eigenvalue weighted by Crippen LogP contribution is 2.42. The van der Waals surface area contributed by atoms with Crippen LogP contribution in [0.3, 0.4) is 0 Å². The number of fused-ring (bicyclic) bond motifs is 6. The predicted molar refractivity (Wildman–Crippen MR) is 209 cm³/mol. The first-order valence-electron chi connectivity index (χ1n) is 16.7. The number of benzene rings is 7. The lowest BCUT2D eigenvalue weighted by Gasteiger charge is -2.14. The van der Waals surface area contributed by atoms with E-state index in [1.807, 2.05) is 35.6 Å². The fourth-order valence-corrected chi connectivity index (χ4v) is 8.32. The van der Waals surface area contributed by atoms with Gasteiger partial charge in [-0.3, -0.25) is 0 Å². The number of nitrogens with zero attached hydrogens (tertiary/aromatic N) is 2. The molecule has 0 saturated carbocycles. The molecule has 3 aromatic heterocycles. The average molecular weight is 657 g/mol. The first kappa shape index (κ1) is 28.6. The molecule has 3 heterocycles. The molecule has 50 heavy (non-hydrogen) atoms. The Hall–Kier alpha value is -6.36. The van der Waals surface area contributed by atoms with E-state index in [1.165, 1.54) is 31.3 Å². The molecule has 3 nitrogen and oxygen atoms in total. The molecule has 0 N–H and O–H groups in total. The van der Waals surface area contributed by atoms with E-state index in [1.54, 1.807) is 0 Å². The van der Waals surface area contributed by atoms with Crippen LogP contribution >= 0.6 is 11.3 Å². The molecule has 4 heteroatoms. The third-order valence-electron chi connectivity index (χ3n) is 9.55. The summed E-state index contributed by atoms with van der Waals surface area (Å²) in [6.45, 7) is 0. The Kier molecular flexibility index (Phi) is 6.68. The normalized spacial score (nSPS) is 11.6. The zero-order valence-corrected chi connectivity index (χ0v) is 27.7. The van der Waals surface area contributed by atoms with Crippen molar-refractivity contribution in [2.24, 2.45) is 0 Å². The molecule has 0 aliphatic carbocycles. The Morgan fingerprint density at radius 2 is 0.980 bits per heavy atom. The molecule has 0 atom stereocenters. The molecule has 7 aromatic carbocycles. The van der Waals surface area contributed by atoms with Crippen LogP contribution in [0.5, 0.6) is 0 Å². The van der Waals surface area contributed by atoms with E-state index in [9.17, 15) is 0 Å². The molecular formula is C46H28N2OS. The second kappa shape index (κ2) is 11.7. The van der Waals surface area contributed by atoms with E-state index >= 15 is 0 Å². The van der Waals surface area contributed by atoms with Crippen molar-refractivity contribution >= 4 is 53.4 Å². The lowest BCUT2D eigenvalue weighted by molar-refractivity contribution is 0.669. The van der Waals surface area contributed by atoms with E-state index in [0.29, 0.717) is 5.82 Å². The van der Waals surface area contributed by atoms with Gasteiger partial charge in [0.15, 0.2) is 5.82 Å². The maximum Gasteiger partial charge on any atom is 0.160 e. The minimum Gasteiger partial charge on any atom is -0.456 e. The van der Waals surface area contributed by atoms with E-state index < -0.39 is 0 Å². The lowest BCUT2D eigenvalue weighted by Crippen LogP contribution is -1.97. The summed E-state index contributed by atoms with van der Waals surface area (Å²) in [7, 11) is 0. The van der Waals surface area contributed by atoms with Gasteiger partial charge >= 0.3 is 0 Å². The number of hydrogen-bond acceptors (Lipinski definition) is 4. The maximum atomic E-state index is 6.30. The molecule has 10 rings (SSSR count). The van der Waals surface area contributed by atoms with Crippen LogP contribution in [0, 0.1) is 0 Å². The Labute approximate surface area is 292 Å². The Morgan fingerprint density at radius 1 is 0.380 bits per heavy atom. The van der Waals surface area contributed by atoms with Crippen LogP contribution in [-0.4, -0.2) is 9.97 Å². The van der Waals surface area contributed by atoms with Gasteiger partial charge in [-0.05, 0) is 52.6 Å². The van der Waals surface area contributed by atoms with Crippen LogP contribution in [0.25, 0.3) is 98.3 Å². The summed E-state index contributed by atoms with van der Waals surface area (Å²) in [4.78, 5) is 10.6. The van der Waals surface area contributed by atoms with Gasteiger partial charge < -0.3 is 4.42 Å². The van der Waals surface area contributed by atoms with E-state index in [0.717, 1.165) is 61.1 Å². The number of thiophene rings is 1. The Bertz CT molecular complexity index is 2870. The molecule has 0 spiro atoms. The highest BCUT2D eigenvalue weighted by Gasteiger charge is 2.18. The number of furan rings is 1. The summed E-state index contributed by atoms with van der Waals surface area (Å²) in [6.07, 6.45) is 0. The molecular weight excluding hydrogens is 629 g/mol. The quantitative estimate of drug-likeness (QED) is 0.185. The summed E-state index contributed by atoms with van der Waals surface area (Å²) in [5.41, 5.74) is 11.2. The van der Waals surface area contributed by atoms with Crippen molar-refractivity contribution in [3.8, 4) is 56.2 Å². The molecule has 0 fully saturated rings. The van der Waals surface area contributed by atoms with Gasteiger partial charge in [0.2, 0.25) is 0 Å². The Balaban J connectivity index is 1.17. The van der Waals surface area contributed by atoms with Crippen molar-refractivity contribution in [1.82, 2.24) is 9.97 Å². The third kappa shape index (κ3) is 4.80. The van der Waals surface area contributed by atoms with Gasteiger partial charge in [-0.1, -0.05) is 140 Å². The average Bonchev–Trinajstić information content (AvgIpc) is 3.76. The Morgan fingerprint density at radius 3 is 1.84 bits per heavy atom. The number of aromatic nitrogens is 2. The van der Waals surface area contributed by atoms with Crippen LogP contribution < -0.4 is 0 Å². The fraction of sp³-hybridized carbons (Fsp3) is 0. The van der Waals surface area contributed by atoms with E-state index in [4.69, 9.17) is 14.4 Å². The van der Waals surface area contributed by atoms with Crippen LogP contribution in [0.1, 0.15) is 0 Å². The fourth-order valence-electron chi connectivity index (χ4n) is 7.10. The topological polar surface area (TPSA) is 38.9 Å². The summed E-state index contributed by atoms with van der Waals surface area (Å²) in [5.74, 6) is 0.659. The molecule has 0 radical (unpaired) electrons. The van der Waals surface area contributed by atoms with Crippen molar-refractivity contribution in [2.75, 3.05) is 0 Å². The molecule has 234 valence electrons. The number of hydrogen-bond donors (Lipinski definition) is 0. The molecule has 0 saturated heterocycles. The molecule has 0 aliphatic rings. The van der Waals surface area contributed by atoms with Crippen molar-refractivity contribution in [2.45, 2.75) is 0 Å². The van der Waals surface area contributed by atoms with Crippen molar-refractivity contribution < 1.29 is 4.42 Å². The highest BCUT2D eigenvalue weighted by molar-refractivity contribution is 7.26. The highest BCUT2D eigenvalue weighted by atomic mass is 32.1. The second-order valence-electron chi connectivity index (χ2n) is 12.5. The molecule has 0 aliphatic heterocycles. The van der Waals surface area contributed by atoms with E-state index in [2.05, 4.69) is 146 Å².